The van der Waals surface area contributed by atoms with Crippen LogP contribution in [0, 0.1) is 11.8 Å². The normalized spacial score (nSPS) is 11.1. The summed E-state index contributed by atoms with van der Waals surface area (Å²) in [5.74, 6) is -0.536. The zero-order valence-corrected chi connectivity index (χ0v) is 20.9. The summed E-state index contributed by atoms with van der Waals surface area (Å²) in [5.41, 5.74) is 0.161. The van der Waals surface area contributed by atoms with E-state index in [0.717, 1.165) is 10.5 Å². The number of nitrogens with zero attached hydrogens (tertiary/aromatic N) is 4. The zero-order valence-electron chi connectivity index (χ0n) is 20.1. The first kappa shape index (κ1) is 25.8. The smallest absolute Gasteiger partial charge is 0.311 e. The molecular formula is C24H26N4O6S. The van der Waals surface area contributed by atoms with Crippen LogP contribution in [-0.2, 0) is 16.0 Å². The monoisotopic (exact) mass is 498 g/mol. The molecule has 3 aromatic rings. The van der Waals surface area contributed by atoms with Crippen LogP contribution in [0.3, 0.4) is 0 Å². The molecule has 184 valence electrons. The summed E-state index contributed by atoms with van der Waals surface area (Å²) in [6, 6.07) is 7.47. The number of methoxy groups -OCH3 is 1. The van der Waals surface area contributed by atoms with Crippen LogP contribution in [0.1, 0.15) is 35.3 Å². The van der Waals surface area contributed by atoms with Gasteiger partial charge in [-0.2, -0.15) is 0 Å². The number of amides is 3. The van der Waals surface area contributed by atoms with Gasteiger partial charge in [0.25, 0.3) is 5.91 Å². The van der Waals surface area contributed by atoms with Crippen molar-refractivity contribution in [3.05, 3.63) is 58.3 Å². The molecule has 10 nitrogen and oxygen atoms in total. The third-order valence-corrected chi connectivity index (χ3v) is 7.24. The lowest BCUT2D eigenvalue weighted by Gasteiger charge is -2.32. The van der Waals surface area contributed by atoms with Crippen molar-refractivity contribution < 1.29 is 23.5 Å². The Kier molecular flexibility index (Phi) is 7.80. The molecule has 0 saturated heterocycles. The molecule has 3 amide bonds. The van der Waals surface area contributed by atoms with E-state index in [-0.39, 0.29) is 12.1 Å². The molecule has 0 N–H and O–H groups in total. The topological polar surface area (TPSA) is 122 Å². The number of aromatic nitrogens is 1. The Balaban J connectivity index is 2.06. The number of thiophene rings is 1. The number of likely N-dealkylation sites (N-methyl/N-ethyl adjacent to an activating group) is 1. The van der Waals surface area contributed by atoms with Gasteiger partial charge in [-0.3, -0.25) is 14.4 Å². The van der Waals surface area contributed by atoms with Gasteiger partial charge in [0.15, 0.2) is 0 Å². The molecule has 2 heterocycles. The molecule has 0 spiro atoms. The maximum atomic E-state index is 13.7. The number of carbonyl (C=O) groups excluding carboxylic acids is 3. The Morgan fingerprint density at radius 3 is 2.60 bits per heavy atom. The van der Waals surface area contributed by atoms with Crippen LogP contribution >= 0.6 is 11.3 Å². The highest BCUT2D eigenvalue weighted by Gasteiger charge is 2.39. The fourth-order valence-corrected chi connectivity index (χ4v) is 4.75. The summed E-state index contributed by atoms with van der Waals surface area (Å²) in [5, 5.41) is 2.87. The average Bonchev–Trinajstić information content (AvgIpc) is 3.51. The summed E-state index contributed by atoms with van der Waals surface area (Å²) < 4.78 is 10.8. The Labute approximate surface area is 206 Å². The summed E-state index contributed by atoms with van der Waals surface area (Å²) in [6.07, 6.45) is 4.02. The molecule has 35 heavy (non-hydrogen) atoms. The first-order chi connectivity index (χ1) is 16.7. The van der Waals surface area contributed by atoms with Gasteiger partial charge < -0.3 is 19.0 Å². The fraction of sp³-hybridized carbons (Fsp3) is 0.333. The van der Waals surface area contributed by atoms with Crippen LogP contribution in [0.25, 0.3) is 10.8 Å². The Morgan fingerprint density at radius 1 is 1.29 bits per heavy atom. The van der Waals surface area contributed by atoms with Gasteiger partial charge in [0.2, 0.25) is 12.3 Å². The minimum atomic E-state index is -1.49. The second-order valence-corrected chi connectivity index (χ2v) is 9.25. The highest BCUT2D eigenvalue weighted by Crippen LogP contribution is 2.42. The van der Waals surface area contributed by atoms with Crippen LogP contribution in [0.2, 0.25) is 0 Å². The van der Waals surface area contributed by atoms with Crippen molar-refractivity contribution in [3.63, 3.8) is 0 Å². The minimum absolute atomic E-state index is 0.213. The van der Waals surface area contributed by atoms with E-state index in [9.17, 15) is 19.3 Å². The fourth-order valence-electron chi connectivity index (χ4n) is 3.52. The highest BCUT2D eigenvalue weighted by molar-refractivity contribution is 7.20. The maximum Gasteiger partial charge on any atom is 0.311 e. The number of para-hydroxylation sites is 1. The molecule has 3 rings (SSSR count). The molecule has 0 aliphatic rings. The highest BCUT2D eigenvalue weighted by atomic mass is 32.1. The third kappa shape index (κ3) is 4.99. The van der Waals surface area contributed by atoms with Gasteiger partial charge in [-0.15, -0.1) is 16.2 Å². The lowest BCUT2D eigenvalue weighted by molar-refractivity contribution is -0.126. The van der Waals surface area contributed by atoms with Crippen molar-refractivity contribution in [2.45, 2.75) is 32.7 Å². The van der Waals surface area contributed by atoms with Gasteiger partial charge in [-0.05, 0) is 44.4 Å². The van der Waals surface area contributed by atoms with E-state index in [1.54, 1.807) is 14.0 Å². The first-order valence-corrected chi connectivity index (χ1v) is 11.5. The van der Waals surface area contributed by atoms with Crippen LogP contribution in [-0.4, -0.2) is 54.3 Å². The molecule has 0 aliphatic carbocycles. The second kappa shape index (κ2) is 10.6. The standard InChI is InChI=1S/C24H26N4O6S/c1-15-18(21(30)27(4)24(2,3)23(31)26-32)22(35-19(15)20-25-11-13-34-20)28(14-29)12-10-16-8-6-7-9-17(16)33-5/h6-9,11,13-14H,10,12H2,1-5H3. The number of hydrogen-bond donors (Lipinski definition) is 0. The van der Waals surface area contributed by atoms with E-state index in [1.165, 1.54) is 49.6 Å². The minimum Gasteiger partial charge on any atom is -0.496 e. The molecular weight excluding hydrogens is 472 g/mol. The maximum absolute atomic E-state index is 13.7. The molecule has 0 saturated carbocycles. The van der Waals surface area contributed by atoms with E-state index in [0.29, 0.717) is 39.9 Å². The van der Waals surface area contributed by atoms with E-state index in [4.69, 9.17) is 9.15 Å². The van der Waals surface area contributed by atoms with Gasteiger partial charge in [0.1, 0.15) is 22.6 Å². The molecule has 0 atom stereocenters. The number of hydrogen-bond acceptors (Lipinski definition) is 8. The number of nitroso groups, excluding NO2 is 1. The van der Waals surface area contributed by atoms with E-state index < -0.39 is 17.4 Å². The van der Waals surface area contributed by atoms with Crippen molar-refractivity contribution in [2.24, 2.45) is 5.18 Å². The van der Waals surface area contributed by atoms with Gasteiger partial charge in [-0.25, -0.2) is 4.98 Å². The summed E-state index contributed by atoms with van der Waals surface area (Å²) in [6.45, 7) is 4.85. The Morgan fingerprint density at radius 2 is 2.00 bits per heavy atom. The van der Waals surface area contributed by atoms with Gasteiger partial charge in [0, 0.05) is 18.8 Å². The van der Waals surface area contributed by atoms with Crippen molar-refractivity contribution >= 4 is 34.6 Å². The van der Waals surface area contributed by atoms with Gasteiger partial charge in [0.05, 0.1) is 23.7 Å². The number of rotatable bonds is 10. The molecule has 2 aromatic heterocycles. The predicted molar refractivity (Wildman–Crippen MR) is 132 cm³/mol. The summed E-state index contributed by atoms with van der Waals surface area (Å²) in [7, 11) is 2.99. The van der Waals surface area contributed by atoms with Crippen molar-refractivity contribution in [3.8, 4) is 16.5 Å². The zero-order chi connectivity index (χ0) is 25.8. The quantitative estimate of drug-likeness (QED) is 0.305. The molecule has 0 fully saturated rings. The van der Waals surface area contributed by atoms with Crippen molar-refractivity contribution in [1.82, 2.24) is 9.88 Å². The number of anilines is 1. The van der Waals surface area contributed by atoms with Crippen molar-refractivity contribution in [1.29, 1.82) is 0 Å². The molecule has 0 bridgehead atoms. The molecule has 1 aromatic carbocycles. The summed E-state index contributed by atoms with van der Waals surface area (Å²) >= 11 is 1.18. The first-order valence-electron chi connectivity index (χ1n) is 10.7. The number of oxazole rings is 1. The average molecular weight is 499 g/mol. The third-order valence-electron chi connectivity index (χ3n) is 5.92. The van der Waals surface area contributed by atoms with Crippen LogP contribution < -0.4 is 9.64 Å². The van der Waals surface area contributed by atoms with E-state index >= 15 is 0 Å². The lowest BCUT2D eigenvalue weighted by Crippen LogP contribution is -2.50. The Bertz CT molecular complexity index is 1230. The summed E-state index contributed by atoms with van der Waals surface area (Å²) in [4.78, 5) is 56.2. The second-order valence-electron chi connectivity index (χ2n) is 8.25. The number of ether oxygens (including phenoxy) is 1. The lowest BCUT2D eigenvalue weighted by atomic mass is 10.0. The molecule has 11 heteroatoms. The predicted octanol–water partition coefficient (Wildman–Crippen LogP) is 4.07. The number of carbonyl (C=O) groups is 3. The van der Waals surface area contributed by atoms with Crippen molar-refractivity contribution in [2.75, 3.05) is 25.6 Å². The Hall–Kier alpha value is -3.86. The van der Waals surface area contributed by atoms with Crippen LogP contribution in [0.15, 0.2) is 46.3 Å². The van der Waals surface area contributed by atoms with Gasteiger partial charge in [-0.1, -0.05) is 18.2 Å². The van der Waals surface area contributed by atoms with Crippen LogP contribution in [0.4, 0.5) is 5.00 Å². The van der Waals surface area contributed by atoms with Gasteiger partial charge >= 0.3 is 5.91 Å². The largest absolute Gasteiger partial charge is 0.496 e. The SMILES string of the molecule is COc1ccccc1CCN(C=O)c1sc(-c2ncco2)c(C)c1C(=O)N(C)C(C)(C)C(=O)N=O. The molecule has 0 unspecified atom stereocenters. The van der Waals surface area contributed by atoms with E-state index in [1.807, 2.05) is 24.3 Å². The number of benzene rings is 1. The van der Waals surface area contributed by atoms with Crippen LogP contribution in [0.5, 0.6) is 5.75 Å². The van der Waals surface area contributed by atoms with E-state index in [2.05, 4.69) is 10.2 Å². The molecule has 0 aliphatic heterocycles. The molecule has 0 radical (unpaired) electrons.